The van der Waals surface area contributed by atoms with Gasteiger partial charge >= 0.3 is 0 Å². The van der Waals surface area contributed by atoms with Crippen LogP contribution in [0, 0.1) is 13.8 Å². The van der Waals surface area contributed by atoms with E-state index in [9.17, 15) is 4.79 Å². The van der Waals surface area contributed by atoms with Crippen molar-refractivity contribution in [2.75, 3.05) is 11.1 Å². The van der Waals surface area contributed by atoms with Crippen LogP contribution in [-0.2, 0) is 11.8 Å². The van der Waals surface area contributed by atoms with Crippen molar-refractivity contribution in [3.05, 3.63) is 34.8 Å². The number of amides is 1. The first-order valence-corrected chi connectivity index (χ1v) is 8.63. The first-order valence-electron chi connectivity index (χ1n) is 6.82. The summed E-state index contributed by atoms with van der Waals surface area (Å²) in [5.74, 6) is 0.250. The first-order chi connectivity index (χ1) is 10.5. The fraction of sp³-hybridized carbons (Fsp3) is 0.267. The van der Waals surface area contributed by atoms with Crippen molar-refractivity contribution in [3.8, 4) is 0 Å². The monoisotopic (exact) mass is 332 g/mol. The zero-order valence-corrected chi connectivity index (χ0v) is 14.2. The number of thiazole rings is 1. The number of carbonyl (C=O) groups is 1. The van der Waals surface area contributed by atoms with Crippen molar-refractivity contribution in [1.82, 2.24) is 14.5 Å². The fourth-order valence-corrected chi connectivity index (χ4v) is 3.68. The number of thioether (sulfide) groups is 1. The van der Waals surface area contributed by atoms with E-state index < -0.39 is 0 Å². The number of aromatic nitrogens is 3. The maximum atomic E-state index is 12.0. The highest BCUT2D eigenvalue weighted by atomic mass is 32.2. The maximum absolute atomic E-state index is 12.0. The molecular formula is C15H16N4OS2. The number of rotatable bonds is 4. The highest BCUT2D eigenvalue weighted by molar-refractivity contribution is 7.99. The molecule has 0 saturated carbocycles. The van der Waals surface area contributed by atoms with Crippen LogP contribution in [0.25, 0.3) is 11.0 Å². The Morgan fingerprint density at radius 3 is 2.77 bits per heavy atom. The predicted molar refractivity (Wildman–Crippen MR) is 91.7 cm³/mol. The molecule has 0 radical (unpaired) electrons. The van der Waals surface area contributed by atoms with Crippen LogP contribution in [0.2, 0.25) is 0 Å². The van der Waals surface area contributed by atoms with Crippen molar-refractivity contribution in [2.45, 2.75) is 19.0 Å². The molecule has 0 atom stereocenters. The third-order valence-electron chi connectivity index (χ3n) is 3.35. The number of benzene rings is 1. The van der Waals surface area contributed by atoms with E-state index in [0.717, 1.165) is 26.8 Å². The Bertz CT molecular complexity index is 818. The number of carbonyl (C=O) groups excluding carboxylic acids is 1. The second kappa shape index (κ2) is 6.10. The summed E-state index contributed by atoms with van der Waals surface area (Å²) in [6, 6.07) is 7.94. The second-order valence-corrected chi connectivity index (χ2v) is 7.09. The van der Waals surface area contributed by atoms with Crippen molar-refractivity contribution < 1.29 is 4.79 Å². The molecule has 2 heterocycles. The van der Waals surface area contributed by atoms with Crippen LogP contribution in [0.3, 0.4) is 0 Å². The van der Waals surface area contributed by atoms with E-state index in [1.165, 1.54) is 23.1 Å². The molecule has 0 unspecified atom stereocenters. The Hall–Kier alpha value is -1.86. The van der Waals surface area contributed by atoms with Crippen LogP contribution in [0.15, 0.2) is 29.4 Å². The average Bonchev–Trinajstić information content (AvgIpc) is 2.98. The Labute approximate surface area is 136 Å². The quantitative estimate of drug-likeness (QED) is 0.744. The molecular weight excluding hydrogens is 316 g/mol. The number of imidazole rings is 1. The molecule has 0 aliphatic rings. The van der Waals surface area contributed by atoms with Crippen LogP contribution >= 0.6 is 23.1 Å². The second-order valence-electron chi connectivity index (χ2n) is 4.94. The van der Waals surface area contributed by atoms with Gasteiger partial charge in [-0.2, -0.15) is 0 Å². The third kappa shape index (κ3) is 3.00. The standard InChI is InChI=1S/C15H16N4OS2/c1-9-10(2)22-14(16-9)18-13(20)8-21-15-17-11-6-4-5-7-12(11)19(15)3/h4-7H,8H2,1-3H3,(H,16,18,20). The molecule has 114 valence electrons. The highest BCUT2D eigenvalue weighted by Crippen LogP contribution is 2.24. The zero-order chi connectivity index (χ0) is 15.7. The zero-order valence-electron chi connectivity index (χ0n) is 12.6. The van der Waals surface area contributed by atoms with Crippen molar-refractivity contribution in [3.63, 3.8) is 0 Å². The number of nitrogens with zero attached hydrogens (tertiary/aromatic N) is 3. The van der Waals surface area contributed by atoms with Gasteiger partial charge in [0.2, 0.25) is 5.91 Å². The highest BCUT2D eigenvalue weighted by Gasteiger charge is 2.12. The van der Waals surface area contributed by atoms with Crippen LogP contribution in [-0.4, -0.2) is 26.2 Å². The Balaban J connectivity index is 1.66. The molecule has 3 rings (SSSR count). The van der Waals surface area contributed by atoms with E-state index in [-0.39, 0.29) is 5.91 Å². The molecule has 0 saturated heterocycles. The molecule has 0 spiro atoms. The van der Waals surface area contributed by atoms with E-state index in [4.69, 9.17) is 0 Å². The lowest BCUT2D eigenvalue weighted by Gasteiger charge is -2.02. The summed E-state index contributed by atoms with van der Waals surface area (Å²) in [5.41, 5.74) is 2.97. The summed E-state index contributed by atoms with van der Waals surface area (Å²) in [4.78, 5) is 22.0. The van der Waals surface area contributed by atoms with Gasteiger partial charge in [0.1, 0.15) is 0 Å². The number of fused-ring (bicyclic) bond motifs is 1. The van der Waals surface area contributed by atoms with Gasteiger partial charge in [-0.3, -0.25) is 4.79 Å². The lowest BCUT2D eigenvalue weighted by molar-refractivity contribution is -0.113. The van der Waals surface area contributed by atoms with Crippen LogP contribution < -0.4 is 5.32 Å². The summed E-state index contributed by atoms with van der Waals surface area (Å²) in [7, 11) is 1.96. The molecule has 0 fully saturated rings. The molecule has 22 heavy (non-hydrogen) atoms. The summed E-state index contributed by atoms with van der Waals surface area (Å²) >= 11 is 2.93. The topological polar surface area (TPSA) is 59.8 Å². The van der Waals surface area contributed by atoms with Crippen LogP contribution in [0.5, 0.6) is 0 Å². The SMILES string of the molecule is Cc1nc(NC(=O)CSc2nc3ccccc3n2C)sc1C. The van der Waals surface area contributed by atoms with Crippen molar-refractivity contribution in [2.24, 2.45) is 7.05 Å². The summed E-state index contributed by atoms with van der Waals surface area (Å²) in [5, 5.41) is 4.33. The molecule has 0 aliphatic carbocycles. The molecule has 5 nitrogen and oxygen atoms in total. The van der Waals surface area contributed by atoms with Gasteiger partial charge in [-0.1, -0.05) is 23.9 Å². The largest absolute Gasteiger partial charge is 0.322 e. The number of hydrogen-bond acceptors (Lipinski definition) is 5. The number of aryl methyl sites for hydroxylation is 3. The van der Waals surface area contributed by atoms with Crippen LogP contribution in [0.4, 0.5) is 5.13 Å². The number of para-hydroxylation sites is 2. The minimum atomic E-state index is -0.0641. The van der Waals surface area contributed by atoms with Crippen molar-refractivity contribution in [1.29, 1.82) is 0 Å². The first kappa shape index (κ1) is 15.1. The lowest BCUT2D eigenvalue weighted by Crippen LogP contribution is -2.14. The normalized spacial score (nSPS) is 11.0. The number of anilines is 1. The van der Waals surface area contributed by atoms with Gasteiger partial charge in [-0.05, 0) is 26.0 Å². The van der Waals surface area contributed by atoms with E-state index in [1.54, 1.807) is 0 Å². The summed E-state index contributed by atoms with van der Waals surface area (Å²) in [6.45, 7) is 3.94. The Morgan fingerprint density at radius 2 is 2.09 bits per heavy atom. The van der Waals surface area contributed by atoms with E-state index in [0.29, 0.717) is 10.9 Å². The maximum Gasteiger partial charge on any atom is 0.236 e. The Kier molecular flexibility index (Phi) is 4.17. The molecule has 2 aromatic heterocycles. The number of hydrogen-bond donors (Lipinski definition) is 1. The third-order valence-corrected chi connectivity index (χ3v) is 5.37. The molecule has 0 bridgehead atoms. The van der Waals surface area contributed by atoms with Gasteiger partial charge in [0.05, 0.1) is 22.5 Å². The van der Waals surface area contributed by atoms with Gasteiger partial charge in [-0.15, -0.1) is 11.3 Å². The molecule has 7 heteroatoms. The average molecular weight is 332 g/mol. The lowest BCUT2D eigenvalue weighted by atomic mass is 10.3. The molecule has 1 amide bonds. The van der Waals surface area contributed by atoms with E-state index >= 15 is 0 Å². The van der Waals surface area contributed by atoms with Crippen LogP contribution in [0.1, 0.15) is 10.6 Å². The predicted octanol–water partition coefficient (Wildman–Crippen LogP) is 3.38. The van der Waals surface area contributed by atoms with Gasteiger partial charge in [0.25, 0.3) is 0 Å². The minimum Gasteiger partial charge on any atom is -0.322 e. The molecule has 0 aliphatic heterocycles. The van der Waals surface area contributed by atoms with E-state index in [2.05, 4.69) is 15.3 Å². The Morgan fingerprint density at radius 1 is 1.32 bits per heavy atom. The summed E-state index contributed by atoms with van der Waals surface area (Å²) in [6.07, 6.45) is 0. The van der Waals surface area contributed by atoms with Gasteiger partial charge < -0.3 is 9.88 Å². The van der Waals surface area contributed by atoms with E-state index in [1.807, 2.05) is 49.7 Å². The molecule has 3 aromatic rings. The van der Waals surface area contributed by atoms with Gasteiger partial charge in [0.15, 0.2) is 10.3 Å². The van der Waals surface area contributed by atoms with Gasteiger partial charge in [-0.25, -0.2) is 9.97 Å². The minimum absolute atomic E-state index is 0.0641. The van der Waals surface area contributed by atoms with Crippen molar-refractivity contribution >= 4 is 45.2 Å². The van der Waals surface area contributed by atoms with Gasteiger partial charge in [0, 0.05) is 11.9 Å². The molecule has 1 aromatic carbocycles. The number of nitrogens with one attached hydrogen (secondary N) is 1. The smallest absolute Gasteiger partial charge is 0.236 e. The molecule has 1 N–H and O–H groups in total. The summed E-state index contributed by atoms with van der Waals surface area (Å²) < 4.78 is 2.00. The fourth-order valence-electron chi connectivity index (χ4n) is 2.06.